The van der Waals surface area contributed by atoms with E-state index in [1.807, 2.05) is 0 Å². The van der Waals surface area contributed by atoms with E-state index >= 15 is 4.39 Å². The molecule has 35 heavy (non-hydrogen) atoms. The number of aromatic nitrogens is 3. The van der Waals surface area contributed by atoms with Crippen LogP contribution in [-0.4, -0.2) is 36.5 Å². The highest BCUT2D eigenvalue weighted by Gasteiger charge is 2.52. The first kappa shape index (κ1) is 22.9. The van der Waals surface area contributed by atoms with Crippen molar-refractivity contribution in [2.24, 2.45) is 0 Å². The van der Waals surface area contributed by atoms with Crippen LogP contribution in [0.4, 0.5) is 13.2 Å². The zero-order chi connectivity index (χ0) is 25.3. The average molecular weight is 482 g/mol. The highest BCUT2D eigenvalue weighted by molar-refractivity contribution is 6.00. The predicted molar refractivity (Wildman–Crippen MR) is 121 cm³/mol. The fourth-order valence-electron chi connectivity index (χ4n) is 5.20. The third-order valence-corrected chi connectivity index (χ3v) is 6.94. The number of aliphatic hydroxyl groups is 1. The van der Waals surface area contributed by atoms with Gasteiger partial charge in [-0.2, -0.15) is 10.4 Å². The number of hydrogen-bond donors (Lipinski definition) is 3. The van der Waals surface area contributed by atoms with Crippen LogP contribution in [0.3, 0.4) is 0 Å². The second-order valence-corrected chi connectivity index (χ2v) is 9.78. The molecule has 7 nitrogen and oxygen atoms in total. The number of nitriles is 1. The van der Waals surface area contributed by atoms with Crippen molar-refractivity contribution in [3.63, 3.8) is 0 Å². The molecular weight excluding hydrogens is 461 g/mol. The van der Waals surface area contributed by atoms with Gasteiger partial charge in [-0.05, 0) is 42.5 Å². The van der Waals surface area contributed by atoms with E-state index in [2.05, 4.69) is 16.3 Å². The van der Waals surface area contributed by atoms with Crippen LogP contribution in [0.2, 0.25) is 0 Å². The van der Waals surface area contributed by atoms with Crippen LogP contribution in [0, 0.1) is 28.8 Å². The van der Waals surface area contributed by atoms with Gasteiger partial charge in [-0.3, -0.25) is 5.10 Å². The summed E-state index contributed by atoms with van der Waals surface area (Å²) in [5.41, 5.74) is -1.25. The van der Waals surface area contributed by atoms with Gasteiger partial charge >= 0.3 is 5.97 Å². The van der Waals surface area contributed by atoms with Crippen molar-refractivity contribution in [1.29, 1.82) is 5.26 Å². The van der Waals surface area contributed by atoms with Gasteiger partial charge < -0.3 is 14.8 Å². The van der Waals surface area contributed by atoms with Crippen molar-refractivity contribution in [2.75, 3.05) is 0 Å². The zero-order valence-corrected chi connectivity index (χ0v) is 18.9. The monoisotopic (exact) mass is 482 g/mol. The highest BCUT2D eigenvalue weighted by atomic mass is 19.2. The molecule has 0 spiro atoms. The predicted octanol–water partition coefficient (Wildman–Crippen LogP) is 4.81. The molecule has 2 aromatic carbocycles. The lowest BCUT2D eigenvalue weighted by atomic mass is 9.65. The molecule has 5 rings (SSSR count). The molecule has 0 aliphatic heterocycles. The Kier molecular flexibility index (Phi) is 4.97. The number of aromatic amines is 1. The van der Waals surface area contributed by atoms with E-state index in [0.29, 0.717) is 22.2 Å². The van der Waals surface area contributed by atoms with E-state index in [1.54, 1.807) is 24.5 Å². The number of nitrogens with one attached hydrogen (secondary N) is 1. The Morgan fingerprint density at radius 1 is 1.29 bits per heavy atom. The molecule has 1 aliphatic rings. The number of fused-ring (bicyclic) bond motifs is 2. The largest absolute Gasteiger partial charge is 0.479 e. The van der Waals surface area contributed by atoms with Gasteiger partial charge in [-0.15, -0.1) is 0 Å². The topological polar surface area (TPSA) is 115 Å². The third-order valence-electron chi connectivity index (χ3n) is 6.94. The van der Waals surface area contributed by atoms with Crippen molar-refractivity contribution in [1.82, 2.24) is 14.8 Å². The van der Waals surface area contributed by atoms with Crippen molar-refractivity contribution in [3.05, 3.63) is 59.2 Å². The van der Waals surface area contributed by atoms with Gasteiger partial charge in [0.05, 0.1) is 17.8 Å². The average Bonchev–Trinajstić information content (AvgIpc) is 3.37. The molecular formula is C25H21F3N4O3. The quantitative estimate of drug-likeness (QED) is 0.378. The molecule has 0 saturated heterocycles. The highest BCUT2D eigenvalue weighted by Crippen LogP contribution is 2.52. The molecule has 0 unspecified atom stereocenters. The fourth-order valence-corrected chi connectivity index (χ4v) is 5.20. The summed E-state index contributed by atoms with van der Waals surface area (Å²) < 4.78 is 45.7. The van der Waals surface area contributed by atoms with Crippen LogP contribution in [0.15, 0.2) is 30.5 Å². The first-order chi connectivity index (χ1) is 16.5. The van der Waals surface area contributed by atoms with Crippen LogP contribution in [0.1, 0.15) is 50.3 Å². The number of carbonyl (C=O) groups is 1. The number of H-pyrrole nitrogens is 1. The smallest absolute Gasteiger partial charge is 0.335 e. The molecule has 2 heterocycles. The molecule has 0 atom stereocenters. The maximum atomic E-state index is 16.0. The molecule has 10 heteroatoms. The minimum absolute atomic E-state index is 0.0109. The van der Waals surface area contributed by atoms with E-state index in [-0.39, 0.29) is 35.9 Å². The second kappa shape index (κ2) is 7.58. The Bertz CT molecular complexity index is 1560. The SMILES string of the molecule is CC(C)(CC#N)c1c([C@H]2C[C@](O)(C(=O)O)C2)c2c(F)c3[nH]ncc3cc2n1-c1ccc(F)c(F)c1. The van der Waals surface area contributed by atoms with Crippen molar-refractivity contribution in [3.8, 4) is 11.8 Å². The van der Waals surface area contributed by atoms with E-state index in [1.165, 1.54) is 12.3 Å². The van der Waals surface area contributed by atoms with Crippen LogP contribution in [0.5, 0.6) is 0 Å². The van der Waals surface area contributed by atoms with E-state index < -0.39 is 40.4 Å². The van der Waals surface area contributed by atoms with Crippen molar-refractivity contribution in [2.45, 2.75) is 50.0 Å². The van der Waals surface area contributed by atoms with Crippen molar-refractivity contribution < 1.29 is 28.2 Å². The number of nitrogens with zero attached hydrogens (tertiary/aromatic N) is 3. The number of halogens is 3. The van der Waals surface area contributed by atoms with Gasteiger partial charge in [0.25, 0.3) is 0 Å². The Balaban J connectivity index is 1.92. The van der Waals surface area contributed by atoms with Gasteiger partial charge in [-0.1, -0.05) is 13.8 Å². The minimum Gasteiger partial charge on any atom is -0.479 e. The maximum Gasteiger partial charge on any atom is 0.335 e. The molecule has 1 fully saturated rings. The number of benzene rings is 2. The lowest BCUT2D eigenvalue weighted by molar-refractivity contribution is -0.169. The molecule has 4 aromatic rings. The Morgan fingerprint density at radius 2 is 2.00 bits per heavy atom. The van der Waals surface area contributed by atoms with Gasteiger partial charge in [0, 0.05) is 40.1 Å². The molecule has 2 aromatic heterocycles. The maximum absolute atomic E-state index is 16.0. The lowest BCUT2D eigenvalue weighted by Crippen LogP contribution is -2.49. The Labute approximate surface area is 197 Å². The summed E-state index contributed by atoms with van der Waals surface area (Å²) in [5.74, 6) is -4.69. The first-order valence-corrected chi connectivity index (χ1v) is 11.0. The van der Waals surface area contributed by atoms with Crippen molar-refractivity contribution >= 4 is 27.8 Å². The summed E-state index contributed by atoms with van der Waals surface area (Å²) in [4.78, 5) is 11.6. The summed E-state index contributed by atoms with van der Waals surface area (Å²) in [7, 11) is 0. The standard InChI is InChI=1S/C25H21F3N4O3/c1-24(2,5-6-29)22-18(13-9-25(35,10-13)23(33)34)19-17(7-12-11-30-31-21(12)20(19)28)32(22)14-3-4-15(26)16(27)8-14/h3-4,7-8,11,13,35H,5,9-10H2,1-2H3,(H,30,31)(H,33,34)/t13-,25+. The van der Waals surface area contributed by atoms with Crippen LogP contribution in [0.25, 0.3) is 27.5 Å². The van der Waals surface area contributed by atoms with Crippen LogP contribution >= 0.6 is 0 Å². The molecule has 180 valence electrons. The van der Waals surface area contributed by atoms with E-state index in [9.17, 15) is 29.1 Å². The molecule has 0 radical (unpaired) electrons. The third kappa shape index (κ3) is 3.30. The first-order valence-electron chi connectivity index (χ1n) is 11.0. The number of carboxylic acids is 1. The van der Waals surface area contributed by atoms with Crippen LogP contribution in [-0.2, 0) is 10.2 Å². The Morgan fingerprint density at radius 3 is 2.63 bits per heavy atom. The van der Waals surface area contributed by atoms with Gasteiger partial charge in [0.1, 0.15) is 5.52 Å². The number of carboxylic acid groups (broad SMARTS) is 1. The second-order valence-electron chi connectivity index (χ2n) is 9.78. The van der Waals surface area contributed by atoms with Gasteiger partial charge in [0.15, 0.2) is 23.1 Å². The number of aliphatic carboxylic acids is 1. The number of hydrogen-bond acceptors (Lipinski definition) is 4. The molecule has 3 N–H and O–H groups in total. The molecule has 1 aliphatic carbocycles. The van der Waals surface area contributed by atoms with Gasteiger partial charge in [0.2, 0.25) is 0 Å². The summed E-state index contributed by atoms with van der Waals surface area (Å²) in [5, 5.41) is 36.5. The zero-order valence-electron chi connectivity index (χ0n) is 18.9. The minimum atomic E-state index is -1.95. The molecule has 0 bridgehead atoms. The van der Waals surface area contributed by atoms with Crippen LogP contribution < -0.4 is 0 Å². The summed E-state index contributed by atoms with van der Waals surface area (Å²) in [6.45, 7) is 3.55. The molecule has 1 saturated carbocycles. The Hall–Kier alpha value is -3.84. The normalized spacial score (nSPS) is 20.2. The summed E-state index contributed by atoms with van der Waals surface area (Å²) >= 11 is 0. The number of rotatable bonds is 5. The fraction of sp³-hybridized carbons (Fsp3) is 0.320. The summed E-state index contributed by atoms with van der Waals surface area (Å²) in [6, 6.07) is 7.12. The molecule has 0 amide bonds. The van der Waals surface area contributed by atoms with E-state index in [0.717, 1.165) is 12.1 Å². The summed E-state index contributed by atoms with van der Waals surface area (Å²) in [6.07, 6.45) is 1.13. The lowest BCUT2D eigenvalue weighted by Gasteiger charge is -2.42. The van der Waals surface area contributed by atoms with E-state index in [4.69, 9.17) is 0 Å². The van der Waals surface area contributed by atoms with Gasteiger partial charge in [-0.25, -0.2) is 18.0 Å².